The van der Waals surface area contributed by atoms with Gasteiger partial charge in [-0.25, -0.2) is 9.97 Å². The maximum atomic E-state index is 13.0. The fourth-order valence-corrected chi connectivity index (χ4v) is 4.53. The number of alkyl halides is 3. The van der Waals surface area contributed by atoms with Gasteiger partial charge in [0.05, 0.1) is 27.4 Å². The van der Waals surface area contributed by atoms with Crippen molar-refractivity contribution in [3.63, 3.8) is 0 Å². The van der Waals surface area contributed by atoms with Gasteiger partial charge in [0.1, 0.15) is 18.2 Å². The number of halogens is 4. The van der Waals surface area contributed by atoms with Crippen LogP contribution in [-0.4, -0.2) is 57.8 Å². The van der Waals surface area contributed by atoms with Crippen LogP contribution in [0, 0.1) is 0 Å². The normalized spacial score (nSPS) is 14.9. The number of para-hydroxylation sites is 2. The van der Waals surface area contributed by atoms with Crippen molar-refractivity contribution in [3.8, 4) is 0 Å². The molecule has 11 heteroatoms. The van der Waals surface area contributed by atoms with E-state index in [4.69, 9.17) is 11.6 Å². The van der Waals surface area contributed by atoms with Crippen LogP contribution in [0.2, 0.25) is 5.02 Å². The number of imidazole rings is 1. The highest BCUT2D eigenvalue weighted by molar-refractivity contribution is 7.97. The standard InChI is InChI=1S/C21H21ClF3N5OS/c1-32-13-18-27-16-4-2-3-5-17(16)30(18)12-19(31)28-6-8-29(9-7-28)20-15(22)10-14(11-26-20)21(23,24)25/h2-5,10-11H,6-9,12-13H2,1H3. The number of thioether (sulfide) groups is 1. The average molecular weight is 484 g/mol. The number of hydrogen-bond donors (Lipinski definition) is 0. The Morgan fingerprint density at radius 1 is 1.19 bits per heavy atom. The van der Waals surface area contributed by atoms with Gasteiger partial charge in [0.25, 0.3) is 0 Å². The third kappa shape index (κ3) is 4.66. The summed E-state index contributed by atoms with van der Waals surface area (Å²) in [7, 11) is 0. The van der Waals surface area contributed by atoms with Crippen molar-refractivity contribution in [2.45, 2.75) is 18.5 Å². The molecule has 0 aliphatic carbocycles. The fraction of sp³-hybridized carbons (Fsp3) is 0.381. The van der Waals surface area contributed by atoms with E-state index in [1.165, 1.54) is 0 Å². The minimum absolute atomic E-state index is 0.0263. The minimum Gasteiger partial charge on any atom is -0.352 e. The Hall–Kier alpha value is -2.46. The maximum Gasteiger partial charge on any atom is 0.417 e. The van der Waals surface area contributed by atoms with Gasteiger partial charge in [0.2, 0.25) is 5.91 Å². The van der Waals surface area contributed by atoms with Crippen molar-refractivity contribution in [1.82, 2.24) is 19.4 Å². The molecule has 0 spiro atoms. The van der Waals surface area contributed by atoms with E-state index in [1.807, 2.05) is 35.1 Å². The van der Waals surface area contributed by atoms with Gasteiger partial charge in [-0.3, -0.25) is 4.79 Å². The van der Waals surface area contributed by atoms with Crippen LogP contribution in [0.3, 0.4) is 0 Å². The summed E-state index contributed by atoms with van der Waals surface area (Å²) >= 11 is 7.71. The molecule has 0 bridgehead atoms. The van der Waals surface area contributed by atoms with E-state index < -0.39 is 11.7 Å². The highest BCUT2D eigenvalue weighted by Crippen LogP contribution is 2.33. The molecule has 0 atom stereocenters. The molecular formula is C21H21ClF3N5OS. The second-order valence-electron chi connectivity index (χ2n) is 7.43. The molecule has 1 saturated heterocycles. The van der Waals surface area contributed by atoms with Gasteiger partial charge in [0, 0.05) is 32.4 Å². The smallest absolute Gasteiger partial charge is 0.352 e. The van der Waals surface area contributed by atoms with E-state index >= 15 is 0 Å². The lowest BCUT2D eigenvalue weighted by molar-refractivity contribution is -0.138. The lowest BCUT2D eigenvalue weighted by Gasteiger charge is -2.36. The summed E-state index contributed by atoms with van der Waals surface area (Å²) in [4.78, 5) is 25.1. The summed E-state index contributed by atoms with van der Waals surface area (Å²) < 4.78 is 40.5. The Balaban J connectivity index is 1.44. The number of amides is 1. The zero-order valence-corrected chi connectivity index (χ0v) is 18.8. The Morgan fingerprint density at radius 2 is 1.91 bits per heavy atom. The van der Waals surface area contributed by atoms with E-state index in [9.17, 15) is 18.0 Å². The van der Waals surface area contributed by atoms with Crippen LogP contribution in [0.4, 0.5) is 19.0 Å². The van der Waals surface area contributed by atoms with Gasteiger partial charge in [-0.2, -0.15) is 24.9 Å². The van der Waals surface area contributed by atoms with E-state index in [1.54, 1.807) is 21.6 Å². The van der Waals surface area contributed by atoms with E-state index in [2.05, 4.69) is 9.97 Å². The number of benzene rings is 1. The van der Waals surface area contributed by atoms with Gasteiger partial charge in [-0.1, -0.05) is 23.7 Å². The topological polar surface area (TPSA) is 54.3 Å². The Morgan fingerprint density at radius 3 is 2.56 bits per heavy atom. The third-order valence-corrected chi connectivity index (χ3v) is 6.21. The van der Waals surface area contributed by atoms with Crippen molar-refractivity contribution in [3.05, 3.63) is 52.9 Å². The first-order valence-corrected chi connectivity index (χ1v) is 11.7. The largest absolute Gasteiger partial charge is 0.417 e. The molecular weight excluding hydrogens is 463 g/mol. The number of anilines is 1. The summed E-state index contributed by atoms with van der Waals surface area (Å²) in [6.45, 7) is 1.93. The number of aromatic nitrogens is 3. The van der Waals surface area contributed by atoms with Crippen LogP contribution in [0.25, 0.3) is 11.0 Å². The second-order valence-corrected chi connectivity index (χ2v) is 8.70. The number of piperazine rings is 1. The van der Waals surface area contributed by atoms with Crippen LogP contribution in [0.15, 0.2) is 36.5 Å². The molecule has 2 aromatic heterocycles. The number of rotatable bonds is 5. The van der Waals surface area contributed by atoms with Crippen LogP contribution < -0.4 is 4.90 Å². The second kappa shape index (κ2) is 9.19. The summed E-state index contributed by atoms with van der Waals surface area (Å²) in [5.74, 6) is 1.83. The van der Waals surface area contributed by atoms with E-state index in [0.29, 0.717) is 37.7 Å². The predicted molar refractivity (Wildman–Crippen MR) is 120 cm³/mol. The van der Waals surface area contributed by atoms with Crippen LogP contribution in [0.5, 0.6) is 0 Å². The number of carbonyl (C=O) groups is 1. The molecule has 1 amide bonds. The van der Waals surface area contributed by atoms with Gasteiger partial charge < -0.3 is 14.4 Å². The first kappa shape index (κ1) is 22.7. The molecule has 1 aliphatic heterocycles. The molecule has 32 heavy (non-hydrogen) atoms. The minimum atomic E-state index is -4.49. The van der Waals surface area contributed by atoms with Crippen LogP contribution in [-0.2, 0) is 23.3 Å². The average Bonchev–Trinajstić information content (AvgIpc) is 3.10. The molecule has 4 rings (SSSR count). The molecule has 0 radical (unpaired) electrons. The van der Waals surface area contributed by atoms with Crippen molar-refractivity contribution in [2.24, 2.45) is 0 Å². The summed E-state index contributed by atoms with van der Waals surface area (Å²) in [6, 6.07) is 8.62. The van der Waals surface area contributed by atoms with Crippen molar-refractivity contribution < 1.29 is 18.0 Å². The number of fused-ring (bicyclic) bond motifs is 1. The number of carbonyl (C=O) groups excluding carboxylic acids is 1. The molecule has 1 aliphatic rings. The Labute approximate surface area is 192 Å². The maximum absolute atomic E-state index is 13.0. The van der Waals surface area contributed by atoms with Crippen LogP contribution >= 0.6 is 23.4 Å². The molecule has 0 N–H and O–H groups in total. The number of nitrogens with zero attached hydrogens (tertiary/aromatic N) is 5. The monoisotopic (exact) mass is 483 g/mol. The van der Waals surface area contributed by atoms with Gasteiger partial charge in [-0.15, -0.1) is 0 Å². The summed E-state index contributed by atoms with van der Waals surface area (Å²) in [6.07, 6.45) is -1.71. The van der Waals surface area contributed by atoms with Crippen LogP contribution in [0.1, 0.15) is 11.4 Å². The van der Waals surface area contributed by atoms with Crippen molar-refractivity contribution >= 4 is 46.1 Å². The van der Waals surface area contributed by atoms with Crippen molar-refractivity contribution in [1.29, 1.82) is 0 Å². The highest BCUT2D eigenvalue weighted by atomic mass is 35.5. The SMILES string of the molecule is CSCc1nc2ccccc2n1CC(=O)N1CCN(c2ncc(C(F)(F)F)cc2Cl)CC1. The lowest BCUT2D eigenvalue weighted by atomic mass is 10.2. The molecule has 0 unspecified atom stereocenters. The molecule has 6 nitrogen and oxygen atoms in total. The highest BCUT2D eigenvalue weighted by Gasteiger charge is 2.32. The first-order valence-electron chi connectivity index (χ1n) is 9.96. The molecule has 1 fully saturated rings. The summed E-state index contributed by atoms with van der Waals surface area (Å²) in [5.41, 5.74) is 0.898. The number of pyridine rings is 1. The zero-order chi connectivity index (χ0) is 22.9. The molecule has 1 aromatic carbocycles. The van der Waals surface area contributed by atoms with E-state index in [0.717, 1.165) is 29.1 Å². The predicted octanol–water partition coefficient (Wildman–Crippen LogP) is 4.32. The molecule has 170 valence electrons. The van der Waals surface area contributed by atoms with Crippen molar-refractivity contribution in [2.75, 3.05) is 37.3 Å². The zero-order valence-electron chi connectivity index (χ0n) is 17.3. The third-order valence-electron chi connectivity index (χ3n) is 5.38. The fourth-order valence-electron chi connectivity index (χ4n) is 3.76. The Kier molecular flexibility index (Phi) is 6.52. The molecule has 3 aromatic rings. The molecule has 3 heterocycles. The summed E-state index contributed by atoms with van der Waals surface area (Å²) in [5, 5.41) is -0.0498. The van der Waals surface area contributed by atoms with Gasteiger partial charge in [0.15, 0.2) is 0 Å². The quantitative estimate of drug-likeness (QED) is 0.541. The van der Waals surface area contributed by atoms with Gasteiger partial charge in [-0.05, 0) is 24.5 Å². The number of hydrogen-bond acceptors (Lipinski definition) is 5. The molecule has 0 saturated carbocycles. The van der Waals surface area contributed by atoms with Gasteiger partial charge >= 0.3 is 6.18 Å². The Bertz CT molecular complexity index is 1130. The first-order chi connectivity index (χ1) is 15.3. The van der Waals surface area contributed by atoms with E-state index in [-0.39, 0.29) is 17.5 Å². The lowest BCUT2D eigenvalue weighted by Crippen LogP contribution is -2.50.